The van der Waals surface area contributed by atoms with E-state index in [1.807, 2.05) is 13.8 Å². The second kappa shape index (κ2) is 9.29. The highest BCUT2D eigenvalue weighted by Gasteiger charge is 2.44. The van der Waals surface area contributed by atoms with E-state index in [2.05, 4.69) is 5.32 Å². The van der Waals surface area contributed by atoms with Crippen LogP contribution in [0.2, 0.25) is 0 Å². The van der Waals surface area contributed by atoms with Gasteiger partial charge in [0, 0.05) is 35.0 Å². The molecule has 8 nitrogen and oxygen atoms in total. The Kier molecular flexibility index (Phi) is 6.86. The average molecular weight is 458 g/mol. The van der Waals surface area contributed by atoms with Gasteiger partial charge in [0.2, 0.25) is 0 Å². The molecule has 33 heavy (non-hydrogen) atoms. The lowest BCUT2D eigenvalue weighted by Crippen LogP contribution is -2.38. The quantitative estimate of drug-likeness (QED) is 0.646. The van der Waals surface area contributed by atoms with Gasteiger partial charge in [0.05, 0.1) is 39.4 Å². The van der Waals surface area contributed by atoms with Crippen LogP contribution in [-0.2, 0) is 19.1 Å². The first-order chi connectivity index (χ1) is 15.6. The van der Waals surface area contributed by atoms with Crippen molar-refractivity contribution in [1.29, 1.82) is 0 Å². The van der Waals surface area contributed by atoms with Gasteiger partial charge in [0.15, 0.2) is 5.78 Å². The Morgan fingerprint density at radius 2 is 1.73 bits per heavy atom. The lowest BCUT2D eigenvalue weighted by Gasteiger charge is -2.39. The van der Waals surface area contributed by atoms with Crippen LogP contribution in [0.15, 0.2) is 34.7 Å². The number of nitrogens with one attached hydrogen (secondary N) is 1. The first-order valence-corrected chi connectivity index (χ1v) is 10.8. The number of allylic oxidation sites excluding steroid dienone is 3. The van der Waals surface area contributed by atoms with E-state index in [1.54, 1.807) is 26.0 Å². The normalized spacial score (nSPS) is 19.5. The predicted octanol–water partition coefficient (Wildman–Crippen LogP) is 3.66. The van der Waals surface area contributed by atoms with E-state index < -0.39 is 17.9 Å². The van der Waals surface area contributed by atoms with Crippen LogP contribution in [0.5, 0.6) is 11.5 Å². The summed E-state index contributed by atoms with van der Waals surface area (Å²) in [7, 11) is 4.20. The summed E-state index contributed by atoms with van der Waals surface area (Å²) in [6.07, 6.45) is 0.974. The summed E-state index contributed by atoms with van der Waals surface area (Å²) in [5.74, 6) is -1.33. The zero-order valence-electron chi connectivity index (χ0n) is 20.2. The van der Waals surface area contributed by atoms with E-state index >= 15 is 0 Å². The van der Waals surface area contributed by atoms with E-state index in [0.717, 1.165) is 5.70 Å². The van der Waals surface area contributed by atoms with Crippen molar-refractivity contribution in [3.63, 3.8) is 0 Å². The Morgan fingerprint density at radius 1 is 1.06 bits per heavy atom. The second-order valence-electron chi connectivity index (χ2n) is 8.94. The van der Waals surface area contributed by atoms with Crippen LogP contribution in [-0.4, -0.2) is 45.7 Å². The molecule has 0 unspecified atom stereocenters. The van der Waals surface area contributed by atoms with E-state index in [1.165, 1.54) is 21.3 Å². The van der Waals surface area contributed by atoms with Crippen LogP contribution in [0.25, 0.3) is 0 Å². The maximum atomic E-state index is 13.4. The van der Waals surface area contributed by atoms with Gasteiger partial charge in [-0.3, -0.25) is 4.79 Å². The largest absolute Gasteiger partial charge is 0.496 e. The fraction of sp³-hybridized carbons (Fsp3) is 0.480. The van der Waals surface area contributed by atoms with E-state index in [4.69, 9.17) is 18.9 Å². The fourth-order valence-corrected chi connectivity index (χ4v) is 4.65. The van der Waals surface area contributed by atoms with Crippen molar-refractivity contribution in [3.05, 3.63) is 45.8 Å². The van der Waals surface area contributed by atoms with Crippen LogP contribution in [0.3, 0.4) is 0 Å². The standard InChI is InChI=1S/C25H31NO7/c1-8-33-24(29)20-13(2)26-16-11-25(3,4)12-17(27)22(16)21(20)14-9-15(23(28)32-7)19(31-6)10-18(14)30-5/h9-10,21,26H,8,11-12H2,1-7H3/t21-/m0/s1. The van der Waals surface area contributed by atoms with Crippen LogP contribution in [0.4, 0.5) is 0 Å². The molecule has 0 fully saturated rings. The summed E-state index contributed by atoms with van der Waals surface area (Å²) in [5.41, 5.74) is 2.59. The van der Waals surface area contributed by atoms with Crippen molar-refractivity contribution in [2.24, 2.45) is 5.41 Å². The molecule has 1 aliphatic heterocycles. The predicted molar refractivity (Wildman–Crippen MR) is 121 cm³/mol. The van der Waals surface area contributed by atoms with E-state index in [0.29, 0.717) is 41.0 Å². The maximum Gasteiger partial charge on any atom is 0.341 e. The number of ketones is 1. The van der Waals surface area contributed by atoms with Gasteiger partial charge in [-0.25, -0.2) is 9.59 Å². The molecule has 178 valence electrons. The molecular weight excluding hydrogens is 426 g/mol. The smallest absolute Gasteiger partial charge is 0.341 e. The van der Waals surface area contributed by atoms with Crippen molar-refractivity contribution in [1.82, 2.24) is 5.32 Å². The van der Waals surface area contributed by atoms with Gasteiger partial charge >= 0.3 is 11.9 Å². The first-order valence-electron chi connectivity index (χ1n) is 10.8. The van der Waals surface area contributed by atoms with Gasteiger partial charge < -0.3 is 24.3 Å². The number of benzene rings is 1. The molecule has 0 radical (unpaired) electrons. The molecule has 2 aliphatic rings. The number of hydrogen-bond donors (Lipinski definition) is 1. The summed E-state index contributed by atoms with van der Waals surface area (Å²) < 4.78 is 21.3. The molecule has 1 aromatic carbocycles. The van der Waals surface area contributed by atoms with Gasteiger partial charge in [0.1, 0.15) is 17.1 Å². The highest BCUT2D eigenvalue weighted by atomic mass is 16.5. The van der Waals surface area contributed by atoms with Crippen molar-refractivity contribution in [2.75, 3.05) is 27.9 Å². The highest BCUT2D eigenvalue weighted by Crippen LogP contribution is 2.49. The Labute approximate surface area is 193 Å². The number of hydrogen-bond acceptors (Lipinski definition) is 8. The molecule has 0 aromatic heterocycles. The topological polar surface area (TPSA) is 100 Å². The third-order valence-electron chi connectivity index (χ3n) is 6.00. The molecule has 1 atom stereocenters. The molecule has 1 aromatic rings. The zero-order valence-corrected chi connectivity index (χ0v) is 20.2. The van der Waals surface area contributed by atoms with Crippen LogP contribution < -0.4 is 14.8 Å². The Morgan fingerprint density at radius 3 is 2.30 bits per heavy atom. The molecule has 1 N–H and O–H groups in total. The number of esters is 2. The SMILES string of the molecule is CCOC(=O)C1=C(C)NC2=C(C(=O)CC(C)(C)C2)[C@H]1c1cc(C(=O)OC)c(OC)cc1OC. The zero-order chi connectivity index (χ0) is 24.5. The summed E-state index contributed by atoms with van der Waals surface area (Å²) in [4.78, 5) is 39.0. The molecule has 8 heteroatoms. The maximum absolute atomic E-state index is 13.4. The van der Waals surface area contributed by atoms with Gasteiger partial charge in [-0.1, -0.05) is 13.8 Å². The molecule has 0 bridgehead atoms. The number of dihydropyridines is 1. The second-order valence-corrected chi connectivity index (χ2v) is 8.94. The lowest BCUT2D eigenvalue weighted by atomic mass is 9.68. The van der Waals surface area contributed by atoms with Crippen molar-refractivity contribution >= 4 is 17.7 Å². The van der Waals surface area contributed by atoms with Crippen molar-refractivity contribution in [2.45, 2.75) is 46.5 Å². The van der Waals surface area contributed by atoms with Gasteiger partial charge in [-0.15, -0.1) is 0 Å². The molecule has 1 aliphatic carbocycles. The van der Waals surface area contributed by atoms with Crippen molar-refractivity contribution < 1.29 is 33.3 Å². The van der Waals surface area contributed by atoms with Crippen LogP contribution in [0.1, 0.15) is 62.4 Å². The van der Waals surface area contributed by atoms with Gasteiger partial charge in [-0.2, -0.15) is 0 Å². The molecule has 0 amide bonds. The average Bonchev–Trinajstić information content (AvgIpc) is 2.75. The minimum Gasteiger partial charge on any atom is -0.496 e. The number of Topliss-reactive ketones (excluding diaryl/α,β-unsaturated/α-hetero) is 1. The first kappa shape index (κ1) is 24.4. The minimum absolute atomic E-state index is 0.0643. The Bertz CT molecular complexity index is 1060. The molecule has 0 saturated carbocycles. The van der Waals surface area contributed by atoms with Crippen LogP contribution in [0, 0.1) is 5.41 Å². The number of carbonyl (C=O) groups excluding carboxylic acids is 3. The van der Waals surface area contributed by atoms with Gasteiger partial charge in [0.25, 0.3) is 0 Å². The molecular formula is C25H31NO7. The van der Waals surface area contributed by atoms with Gasteiger partial charge in [-0.05, 0) is 31.7 Å². The molecule has 3 rings (SSSR count). The van der Waals surface area contributed by atoms with E-state index in [9.17, 15) is 14.4 Å². The Hall–Kier alpha value is -3.29. The summed E-state index contributed by atoms with van der Waals surface area (Å²) >= 11 is 0. The number of carbonyl (C=O) groups is 3. The fourth-order valence-electron chi connectivity index (χ4n) is 4.65. The van der Waals surface area contributed by atoms with E-state index in [-0.39, 0.29) is 29.1 Å². The molecule has 0 saturated heterocycles. The van der Waals surface area contributed by atoms with Crippen molar-refractivity contribution in [3.8, 4) is 11.5 Å². The highest BCUT2D eigenvalue weighted by molar-refractivity contribution is 6.04. The third kappa shape index (κ3) is 4.47. The minimum atomic E-state index is -0.770. The van der Waals surface area contributed by atoms with Crippen LogP contribution >= 0.6 is 0 Å². The molecule has 0 spiro atoms. The Balaban J connectivity index is 2.34. The summed E-state index contributed by atoms with van der Waals surface area (Å²) in [6.45, 7) is 7.76. The number of ether oxygens (including phenoxy) is 4. The third-order valence-corrected chi connectivity index (χ3v) is 6.00. The monoisotopic (exact) mass is 457 g/mol. The lowest BCUT2D eigenvalue weighted by molar-refractivity contribution is -0.138. The number of methoxy groups -OCH3 is 3. The summed E-state index contributed by atoms with van der Waals surface area (Å²) in [6, 6.07) is 3.14. The molecule has 1 heterocycles. The number of rotatable bonds is 6. The summed E-state index contributed by atoms with van der Waals surface area (Å²) in [5, 5.41) is 3.28.